The maximum Gasteiger partial charge on any atom is 0.191 e. The van der Waals surface area contributed by atoms with E-state index in [1.54, 1.807) is 7.05 Å². The molecular formula is C20H34IN5O2S. The third-order valence-electron chi connectivity index (χ3n) is 5.58. The molecule has 2 N–H and O–H groups in total. The van der Waals surface area contributed by atoms with Gasteiger partial charge < -0.3 is 15.5 Å². The molecule has 9 heteroatoms. The van der Waals surface area contributed by atoms with Crippen molar-refractivity contribution in [3.05, 3.63) is 29.8 Å². The highest BCUT2D eigenvalue weighted by Crippen LogP contribution is 2.23. The van der Waals surface area contributed by atoms with Crippen LogP contribution in [0.1, 0.15) is 31.4 Å². The lowest BCUT2D eigenvalue weighted by Crippen LogP contribution is -2.46. The summed E-state index contributed by atoms with van der Waals surface area (Å²) >= 11 is 0. The van der Waals surface area contributed by atoms with Crippen LogP contribution >= 0.6 is 24.0 Å². The Bertz CT molecular complexity index is 767. The Labute approximate surface area is 192 Å². The Morgan fingerprint density at radius 3 is 2.52 bits per heavy atom. The Kier molecular flexibility index (Phi) is 9.48. The van der Waals surface area contributed by atoms with Crippen molar-refractivity contribution in [1.82, 2.24) is 15.5 Å². The first-order chi connectivity index (χ1) is 13.5. The molecule has 2 heterocycles. The summed E-state index contributed by atoms with van der Waals surface area (Å²) in [6.45, 7) is 7.23. The van der Waals surface area contributed by atoms with Crippen LogP contribution in [0.5, 0.6) is 0 Å². The van der Waals surface area contributed by atoms with Gasteiger partial charge in [0.2, 0.25) is 0 Å². The third kappa shape index (κ3) is 7.29. The first-order valence-electron chi connectivity index (χ1n) is 10.2. The van der Waals surface area contributed by atoms with Crippen molar-refractivity contribution in [1.29, 1.82) is 0 Å². The normalized spacial score (nSPS) is 20.8. The third-order valence-corrected chi connectivity index (χ3v) is 7.18. The highest BCUT2D eigenvalue weighted by molar-refractivity contribution is 14.0. The van der Waals surface area contributed by atoms with Gasteiger partial charge in [-0.3, -0.25) is 9.89 Å². The van der Waals surface area contributed by atoms with Crippen LogP contribution in [0.2, 0.25) is 0 Å². The van der Waals surface area contributed by atoms with Crippen molar-refractivity contribution >= 4 is 45.5 Å². The zero-order valence-corrected chi connectivity index (χ0v) is 20.6. The zero-order valence-electron chi connectivity index (χ0n) is 17.4. The highest BCUT2D eigenvalue weighted by Gasteiger charge is 2.21. The van der Waals surface area contributed by atoms with E-state index in [1.807, 2.05) is 0 Å². The molecular weight excluding hydrogens is 501 g/mol. The molecule has 0 saturated carbocycles. The summed E-state index contributed by atoms with van der Waals surface area (Å²) in [4.78, 5) is 8.96. The number of nitrogens with one attached hydrogen (secondary N) is 2. The maximum absolute atomic E-state index is 11.5. The van der Waals surface area contributed by atoms with Gasteiger partial charge in [-0.15, -0.1) is 24.0 Å². The minimum Gasteiger partial charge on any atom is -0.372 e. The predicted octanol–water partition coefficient (Wildman–Crippen LogP) is 1.86. The average Bonchev–Trinajstić information content (AvgIpc) is 3.23. The number of rotatable bonds is 6. The topological polar surface area (TPSA) is 77.0 Å². The van der Waals surface area contributed by atoms with Gasteiger partial charge in [0.15, 0.2) is 15.8 Å². The second kappa shape index (κ2) is 11.4. The van der Waals surface area contributed by atoms with Crippen LogP contribution in [0.15, 0.2) is 29.3 Å². The van der Waals surface area contributed by atoms with Crippen LogP contribution in [-0.2, 0) is 9.84 Å². The smallest absolute Gasteiger partial charge is 0.191 e. The second-order valence-electron chi connectivity index (χ2n) is 7.65. The molecule has 1 aromatic rings. The first-order valence-corrected chi connectivity index (χ1v) is 12.0. The monoisotopic (exact) mass is 535 g/mol. The summed E-state index contributed by atoms with van der Waals surface area (Å²) in [6, 6.07) is 8.88. The van der Waals surface area contributed by atoms with Gasteiger partial charge in [-0.2, -0.15) is 0 Å². The fraction of sp³-hybridized carbons (Fsp3) is 0.650. The van der Waals surface area contributed by atoms with Gasteiger partial charge >= 0.3 is 0 Å². The van der Waals surface area contributed by atoms with Gasteiger partial charge in [0.1, 0.15) is 0 Å². The number of nitrogens with zero attached hydrogens (tertiary/aromatic N) is 3. The lowest BCUT2D eigenvalue weighted by molar-refractivity contribution is 0.299. The summed E-state index contributed by atoms with van der Waals surface area (Å²) in [5, 5.41) is 6.80. The number of aliphatic imine (C=N–C) groups is 1. The summed E-state index contributed by atoms with van der Waals surface area (Å²) in [7, 11) is -1.05. The van der Waals surface area contributed by atoms with Gasteiger partial charge in [0.25, 0.3) is 0 Å². The summed E-state index contributed by atoms with van der Waals surface area (Å²) in [5.41, 5.74) is 2.54. The molecule has 2 saturated heterocycles. The van der Waals surface area contributed by atoms with Crippen molar-refractivity contribution in [2.24, 2.45) is 4.99 Å². The van der Waals surface area contributed by atoms with Crippen molar-refractivity contribution in [2.75, 3.05) is 62.7 Å². The Balaban J connectivity index is 0.00000300. The number of halogens is 1. The largest absolute Gasteiger partial charge is 0.372 e. The van der Waals surface area contributed by atoms with Gasteiger partial charge in [-0.05, 0) is 37.5 Å². The van der Waals surface area contributed by atoms with Crippen molar-refractivity contribution in [2.45, 2.75) is 25.8 Å². The quantitative estimate of drug-likeness (QED) is 0.329. The number of benzene rings is 1. The standard InChI is InChI=1S/C20H33N5O2S.HI/c1-17(18-6-5-7-19(16-18)25-9-3-4-10-25)23-20(21-2)22-8-11-24-12-14-28(26,27)15-13-24;/h5-7,16-17H,3-4,8-15H2,1-2H3,(H2,21,22,23);1H. The summed E-state index contributed by atoms with van der Waals surface area (Å²) in [6.07, 6.45) is 2.55. The number of guanidine groups is 1. The highest BCUT2D eigenvalue weighted by atomic mass is 127. The molecule has 3 rings (SSSR count). The number of sulfone groups is 1. The van der Waals surface area contributed by atoms with Gasteiger partial charge in [0, 0.05) is 52.0 Å². The van der Waals surface area contributed by atoms with Crippen LogP contribution in [0.25, 0.3) is 0 Å². The average molecular weight is 535 g/mol. The fourth-order valence-electron chi connectivity index (χ4n) is 3.76. The Morgan fingerprint density at radius 1 is 1.17 bits per heavy atom. The van der Waals surface area contributed by atoms with E-state index < -0.39 is 9.84 Å². The molecule has 0 bridgehead atoms. The molecule has 164 valence electrons. The van der Waals surface area contributed by atoms with Crippen LogP contribution in [0, 0.1) is 0 Å². The number of anilines is 1. The second-order valence-corrected chi connectivity index (χ2v) is 9.95. The van der Waals surface area contributed by atoms with Gasteiger partial charge in [-0.25, -0.2) is 8.42 Å². The van der Waals surface area contributed by atoms with Crippen LogP contribution in [0.3, 0.4) is 0 Å². The summed E-state index contributed by atoms with van der Waals surface area (Å²) in [5.74, 6) is 1.30. The van der Waals surface area contributed by atoms with E-state index in [4.69, 9.17) is 0 Å². The van der Waals surface area contributed by atoms with Gasteiger partial charge in [-0.1, -0.05) is 12.1 Å². The molecule has 0 spiro atoms. The maximum atomic E-state index is 11.5. The Morgan fingerprint density at radius 2 is 1.86 bits per heavy atom. The molecule has 0 amide bonds. The van der Waals surface area contributed by atoms with Crippen molar-refractivity contribution in [3.8, 4) is 0 Å². The lowest BCUT2D eigenvalue weighted by atomic mass is 10.1. The molecule has 2 aliphatic rings. The molecule has 29 heavy (non-hydrogen) atoms. The fourth-order valence-corrected chi connectivity index (χ4v) is 5.03. The lowest BCUT2D eigenvalue weighted by Gasteiger charge is -2.27. The number of hydrogen-bond acceptors (Lipinski definition) is 5. The predicted molar refractivity (Wildman–Crippen MR) is 131 cm³/mol. The molecule has 0 aliphatic carbocycles. The van der Waals surface area contributed by atoms with Crippen LogP contribution in [-0.4, -0.2) is 77.1 Å². The minimum atomic E-state index is -2.82. The molecule has 0 aromatic heterocycles. The minimum absolute atomic E-state index is 0. The molecule has 7 nitrogen and oxygen atoms in total. The SMILES string of the molecule is CN=C(NCCN1CCS(=O)(=O)CC1)NC(C)c1cccc(N2CCCC2)c1.I. The van der Waals surface area contributed by atoms with E-state index in [2.05, 4.69) is 56.6 Å². The van der Waals surface area contributed by atoms with Crippen LogP contribution < -0.4 is 15.5 Å². The summed E-state index contributed by atoms with van der Waals surface area (Å²) < 4.78 is 23.0. The van der Waals surface area contributed by atoms with E-state index in [9.17, 15) is 8.42 Å². The molecule has 2 aliphatic heterocycles. The Hall–Kier alpha value is -1.07. The van der Waals surface area contributed by atoms with Gasteiger partial charge in [0.05, 0.1) is 17.5 Å². The van der Waals surface area contributed by atoms with E-state index >= 15 is 0 Å². The molecule has 1 unspecified atom stereocenters. The molecule has 1 aromatic carbocycles. The number of hydrogen-bond donors (Lipinski definition) is 2. The van der Waals surface area contributed by atoms with E-state index in [0.717, 1.165) is 32.1 Å². The zero-order chi connectivity index (χ0) is 20.0. The van der Waals surface area contributed by atoms with Crippen molar-refractivity contribution < 1.29 is 8.42 Å². The molecule has 0 radical (unpaired) electrons. The van der Waals surface area contributed by atoms with Crippen LogP contribution in [0.4, 0.5) is 5.69 Å². The van der Waals surface area contributed by atoms with E-state index in [-0.39, 0.29) is 41.5 Å². The van der Waals surface area contributed by atoms with E-state index in [1.165, 1.54) is 24.1 Å². The molecule has 2 fully saturated rings. The molecule has 1 atom stereocenters. The first kappa shape index (κ1) is 24.2. The van der Waals surface area contributed by atoms with Crippen molar-refractivity contribution in [3.63, 3.8) is 0 Å². The van der Waals surface area contributed by atoms with E-state index in [0.29, 0.717) is 13.1 Å².